The Morgan fingerprint density at radius 2 is 1.59 bits per heavy atom. The normalized spacial score (nSPS) is 44.2. The molecule has 1 aromatic rings. The van der Waals surface area contributed by atoms with Crippen molar-refractivity contribution >= 4 is 34.9 Å². The average Bonchev–Trinajstić information content (AvgIpc) is 2.93. The minimum absolute atomic E-state index is 0.0199. The van der Waals surface area contributed by atoms with E-state index in [0.717, 1.165) is 57.8 Å². The predicted octanol–water partition coefficient (Wildman–Crippen LogP) is 9.19. The Labute approximate surface area is 269 Å². The van der Waals surface area contributed by atoms with Gasteiger partial charge < -0.3 is 10.1 Å². The first-order valence-electron chi connectivity index (χ1n) is 16.9. The molecule has 5 aliphatic rings. The van der Waals surface area contributed by atoms with Gasteiger partial charge in [-0.3, -0.25) is 14.4 Å². The van der Waals surface area contributed by atoms with Crippen LogP contribution < -0.4 is 5.32 Å². The topological polar surface area (TPSA) is 72.5 Å². The second-order valence-corrected chi connectivity index (χ2v) is 17.6. The molecule has 0 spiro atoms. The SMILES string of the molecule is CC(=O)O[C@@H]1CC[C@]2(C)[C@H](CC[C@]3(C)[C@@H]2C(=O)C=C2[C@@H]4C[C@](C)(C(=O)Nc5ccccc5Cl)CC[C@]4(C)CC[C@@]23C)C1(C)C. The maximum Gasteiger partial charge on any atom is 0.302 e. The fraction of sp³-hybridized carbons (Fsp3) is 0.711. The van der Waals surface area contributed by atoms with Gasteiger partial charge in [0.25, 0.3) is 0 Å². The number of halogens is 1. The van der Waals surface area contributed by atoms with Crippen molar-refractivity contribution in [1.82, 2.24) is 0 Å². The van der Waals surface area contributed by atoms with Crippen LogP contribution in [0.3, 0.4) is 0 Å². The number of allylic oxidation sites excluding steroid dienone is 2. The molecule has 4 saturated carbocycles. The number of ether oxygens (including phenoxy) is 1. The van der Waals surface area contributed by atoms with Crippen molar-refractivity contribution in [3.63, 3.8) is 0 Å². The lowest BCUT2D eigenvalue weighted by atomic mass is 9.33. The van der Waals surface area contributed by atoms with Gasteiger partial charge >= 0.3 is 5.97 Å². The van der Waals surface area contributed by atoms with E-state index in [-0.39, 0.29) is 62.7 Å². The Balaban J connectivity index is 1.35. The molecule has 4 fully saturated rings. The number of carbonyl (C=O) groups is 3. The standard InChI is InChI=1S/C38H52ClNO4/c1-23(41)44-30-14-15-36(6)29(33(30,2)3)13-16-38(8)31(36)28(42)21-24-25-22-35(5,18-17-34(25,4)19-20-37(24,38)7)32(43)40-27-12-10-9-11-26(27)39/h9-12,21,25,29-31H,13-20,22H2,1-8H3,(H,40,43)/t25-,29+,30+,31+,34+,35+,36+,37-,38+/m0/s1. The molecule has 1 aromatic carbocycles. The summed E-state index contributed by atoms with van der Waals surface area (Å²) < 4.78 is 5.87. The summed E-state index contributed by atoms with van der Waals surface area (Å²) in [5.74, 6) is 0.501. The number of esters is 1. The minimum Gasteiger partial charge on any atom is -0.462 e. The molecule has 6 heteroatoms. The lowest BCUT2D eigenvalue weighted by Crippen LogP contribution is -2.66. The number of benzene rings is 1. The van der Waals surface area contributed by atoms with Crippen LogP contribution >= 0.6 is 11.6 Å². The Morgan fingerprint density at radius 3 is 2.27 bits per heavy atom. The highest BCUT2D eigenvalue weighted by Crippen LogP contribution is 2.75. The third-order valence-corrected chi connectivity index (χ3v) is 14.8. The molecule has 240 valence electrons. The maximum atomic E-state index is 14.7. The van der Waals surface area contributed by atoms with Gasteiger partial charge in [0.2, 0.25) is 5.91 Å². The molecule has 0 radical (unpaired) electrons. The number of amides is 1. The van der Waals surface area contributed by atoms with Gasteiger partial charge in [-0.15, -0.1) is 0 Å². The van der Waals surface area contributed by atoms with E-state index in [1.165, 1.54) is 12.5 Å². The van der Waals surface area contributed by atoms with Crippen LogP contribution in [0, 0.1) is 50.2 Å². The Bertz CT molecular complexity index is 1430. The zero-order valence-corrected chi connectivity index (χ0v) is 28.8. The van der Waals surface area contributed by atoms with Gasteiger partial charge in [-0.25, -0.2) is 0 Å². The first-order chi connectivity index (χ1) is 20.4. The van der Waals surface area contributed by atoms with Crippen LogP contribution in [0.15, 0.2) is 35.9 Å². The molecule has 9 atom stereocenters. The molecule has 0 saturated heterocycles. The molecule has 44 heavy (non-hydrogen) atoms. The van der Waals surface area contributed by atoms with E-state index >= 15 is 0 Å². The number of rotatable bonds is 3. The highest BCUT2D eigenvalue weighted by atomic mass is 35.5. The Morgan fingerprint density at radius 1 is 0.909 bits per heavy atom. The van der Waals surface area contributed by atoms with Gasteiger partial charge in [-0.2, -0.15) is 0 Å². The highest BCUT2D eigenvalue weighted by molar-refractivity contribution is 6.33. The van der Waals surface area contributed by atoms with Crippen molar-refractivity contribution in [2.45, 2.75) is 119 Å². The highest BCUT2D eigenvalue weighted by Gasteiger charge is 2.70. The predicted molar refractivity (Wildman–Crippen MR) is 175 cm³/mol. The fourth-order valence-electron chi connectivity index (χ4n) is 11.6. The average molecular weight is 622 g/mol. The first-order valence-corrected chi connectivity index (χ1v) is 17.3. The largest absolute Gasteiger partial charge is 0.462 e. The maximum absolute atomic E-state index is 14.7. The van der Waals surface area contributed by atoms with Crippen LogP contribution in [0.25, 0.3) is 0 Å². The van der Waals surface area contributed by atoms with Crippen LogP contribution in [0.1, 0.15) is 113 Å². The van der Waals surface area contributed by atoms with Crippen LogP contribution in [-0.2, 0) is 19.1 Å². The lowest BCUT2D eigenvalue weighted by Gasteiger charge is -2.70. The lowest BCUT2D eigenvalue weighted by molar-refractivity contribution is -0.210. The zero-order chi connectivity index (χ0) is 32.1. The molecule has 1 amide bonds. The molecular weight excluding hydrogens is 570 g/mol. The molecule has 0 unspecified atom stereocenters. The van der Waals surface area contributed by atoms with Crippen molar-refractivity contribution in [3.8, 4) is 0 Å². The number of hydrogen-bond donors (Lipinski definition) is 1. The van der Waals surface area contributed by atoms with E-state index in [0.29, 0.717) is 16.6 Å². The second-order valence-electron chi connectivity index (χ2n) is 17.1. The number of ketones is 1. The first kappa shape index (κ1) is 31.8. The zero-order valence-electron chi connectivity index (χ0n) is 28.1. The van der Waals surface area contributed by atoms with E-state index in [2.05, 4.69) is 59.9 Å². The van der Waals surface area contributed by atoms with Gasteiger partial charge in [-0.1, -0.05) is 77.8 Å². The number of fused-ring (bicyclic) bond motifs is 7. The molecule has 6 rings (SSSR count). The van der Waals surface area contributed by atoms with Crippen LogP contribution in [0.4, 0.5) is 5.69 Å². The number of hydrogen-bond acceptors (Lipinski definition) is 4. The van der Waals surface area contributed by atoms with Crippen LogP contribution in [-0.4, -0.2) is 23.8 Å². The summed E-state index contributed by atoms with van der Waals surface area (Å²) in [6.07, 6.45) is 10.4. The summed E-state index contributed by atoms with van der Waals surface area (Å²) >= 11 is 6.42. The van der Waals surface area contributed by atoms with Gasteiger partial charge in [0.05, 0.1) is 10.7 Å². The molecule has 5 aliphatic carbocycles. The van der Waals surface area contributed by atoms with Crippen LogP contribution in [0.2, 0.25) is 5.02 Å². The quantitative estimate of drug-likeness (QED) is 0.342. The summed E-state index contributed by atoms with van der Waals surface area (Å²) in [4.78, 5) is 40.5. The summed E-state index contributed by atoms with van der Waals surface area (Å²) in [6, 6.07) is 7.42. The molecule has 0 heterocycles. The van der Waals surface area contributed by atoms with Crippen molar-refractivity contribution in [2.24, 2.45) is 50.2 Å². The molecule has 1 N–H and O–H groups in total. The number of carbonyl (C=O) groups excluding carboxylic acids is 3. The number of anilines is 1. The summed E-state index contributed by atoms with van der Waals surface area (Å²) in [7, 11) is 0. The minimum atomic E-state index is -0.550. The van der Waals surface area contributed by atoms with E-state index in [1.54, 1.807) is 6.07 Å². The monoisotopic (exact) mass is 621 g/mol. The fourth-order valence-corrected chi connectivity index (χ4v) is 11.8. The Kier molecular flexibility index (Phi) is 7.36. The molecule has 0 aliphatic heterocycles. The van der Waals surface area contributed by atoms with E-state index in [9.17, 15) is 14.4 Å². The van der Waals surface area contributed by atoms with E-state index in [1.807, 2.05) is 18.2 Å². The van der Waals surface area contributed by atoms with E-state index in [4.69, 9.17) is 16.3 Å². The van der Waals surface area contributed by atoms with Gasteiger partial charge in [0.15, 0.2) is 5.78 Å². The molecule has 0 bridgehead atoms. The van der Waals surface area contributed by atoms with Crippen molar-refractivity contribution in [1.29, 1.82) is 0 Å². The van der Waals surface area contributed by atoms with Gasteiger partial charge in [-0.05, 0) is 109 Å². The number of para-hydroxylation sites is 1. The summed E-state index contributed by atoms with van der Waals surface area (Å²) in [5.41, 5.74) is 0.845. The van der Waals surface area contributed by atoms with Gasteiger partial charge in [0, 0.05) is 23.7 Å². The van der Waals surface area contributed by atoms with E-state index < -0.39 is 5.41 Å². The summed E-state index contributed by atoms with van der Waals surface area (Å²) in [6.45, 7) is 17.8. The second kappa shape index (κ2) is 10.2. The molecular formula is C38H52ClNO4. The molecule has 5 nitrogen and oxygen atoms in total. The summed E-state index contributed by atoms with van der Waals surface area (Å²) in [5, 5.41) is 3.69. The molecule has 0 aromatic heterocycles. The van der Waals surface area contributed by atoms with Crippen molar-refractivity contribution in [2.75, 3.05) is 5.32 Å². The third-order valence-electron chi connectivity index (χ3n) is 14.5. The van der Waals surface area contributed by atoms with Crippen LogP contribution in [0.5, 0.6) is 0 Å². The smallest absolute Gasteiger partial charge is 0.302 e. The van der Waals surface area contributed by atoms with Crippen molar-refractivity contribution in [3.05, 3.63) is 40.9 Å². The van der Waals surface area contributed by atoms with Gasteiger partial charge in [0.1, 0.15) is 6.10 Å². The Hall–Kier alpha value is -2.14. The third kappa shape index (κ3) is 4.41. The van der Waals surface area contributed by atoms with Crippen molar-refractivity contribution < 1.29 is 19.1 Å². The number of nitrogens with one attached hydrogen (secondary N) is 1.